The van der Waals surface area contributed by atoms with Gasteiger partial charge in [-0.15, -0.1) is 0 Å². The average molecular weight is 427 g/mol. The lowest BCUT2D eigenvalue weighted by molar-refractivity contribution is -0.140. The van der Waals surface area contributed by atoms with Crippen LogP contribution in [0.4, 0.5) is 0 Å². The number of aryl methyl sites for hydroxylation is 1. The monoisotopic (exact) mass is 426 g/mol. The molecule has 1 N–H and O–H groups in total. The second-order valence-corrected chi connectivity index (χ2v) is 8.77. The molecular formula is C25H31ClN2O2. The number of hydrogen-bond acceptors (Lipinski definition) is 2. The minimum atomic E-state index is -0.552. The number of amides is 2. The highest BCUT2D eigenvalue weighted by Crippen LogP contribution is 2.19. The van der Waals surface area contributed by atoms with Crippen LogP contribution < -0.4 is 5.32 Å². The van der Waals surface area contributed by atoms with E-state index in [2.05, 4.69) is 5.32 Å². The SMILES string of the molecule is Cc1ccc(CC(=O)N(Cc2cccc(Cl)c2)[C@H](C)C(=O)NC2CCCCC2)cc1. The van der Waals surface area contributed by atoms with Crippen molar-refractivity contribution in [1.29, 1.82) is 0 Å². The smallest absolute Gasteiger partial charge is 0.242 e. The van der Waals surface area contributed by atoms with Crippen LogP contribution in [0.2, 0.25) is 5.02 Å². The van der Waals surface area contributed by atoms with Crippen LogP contribution in [0.25, 0.3) is 0 Å². The quantitative estimate of drug-likeness (QED) is 0.672. The molecule has 0 spiro atoms. The Hall–Kier alpha value is -2.33. The summed E-state index contributed by atoms with van der Waals surface area (Å²) in [5.74, 6) is -0.147. The largest absolute Gasteiger partial charge is 0.352 e. The van der Waals surface area contributed by atoms with E-state index < -0.39 is 6.04 Å². The van der Waals surface area contributed by atoms with Crippen LogP contribution in [0, 0.1) is 6.92 Å². The van der Waals surface area contributed by atoms with Crippen molar-refractivity contribution in [2.45, 2.75) is 71.0 Å². The van der Waals surface area contributed by atoms with Crippen molar-refractivity contribution < 1.29 is 9.59 Å². The van der Waals surface area contributed by atoms with Crippen LogP contribution in [0.15, 0.2) is 48.5 Å². The van der Waals surface area contributed by atoms with Gasteiger partial charge in [0, 0.05) is 17.6 Å². The second kappa shape index (κ2) is 10.6. The lowest BCUT2D eigenvalue weighted by Gasteiger charge is -2.31. The van der Waals surface area contributed by atoms with Crippen LogP contribution in [0.3, 0.4) is 0 Å². The fourth-order valence-electron chi connectivity index (χ4n) is 3.97. The molecule has 0 radical (unpaired) electrons. The Bertz CT molecular complexity index is 860. The number of nitrogens with one attached hydrogen (secondary N) is 1. The predicted octanol–water partition coefficient (Wildman–Crippen LogP) is 5.06. The minimum absolute atomic E-state index is 0.0647. The molecular weight excluding hydrogens is 396 g/mol. The maximum absolute atomic E-state index is 13.2. The van der Waals surface area contributed by atoms with Crippen LogP contribution in [-0.4, -0.2) is 28.8 Å². The molecule has 0 heterocycles. The second-order valence-electron chi connectivity index (χ2n) is 8.33. The molecule has 3 rings (SSSR count). The van der Waals surface area contributed by atoms with Gasteiger partial charge < -0.3 is 10.2 Å². The first kappa shape index (κ1) is 22.4. The van der Waals surface area contributed by atoms with Gasteiger partial charge in [-0.05, 0) is 49.9 Å². The van der Waals surface area contributed by atoms with Gasteiger partial charge >= 0.3 is 0 Å². The van der Waals surface area contributed by atoms with Crippen molar-refractivity contribution in [3.63, 3.8) is 0 Å². The Labute approximate surface area is 184 Å². The number of rotatable bonds is 7. The predicted molar refractivity (Wildman–Crippen MR) is 121 cm³/mol. The van der Waals surface area contributed by atoms with Crippen LogP contribution in [0.5, 0.6) is 0 Å². The summed E-state index contributed by atoms with van der Waals surface area (Å²) < 4.78 is 0. The van der Waals surface area contributed by atoms with E-state index in [1.165, 1.54) is 6.42 Å². The Kier molecular flexibility index (Phi) is 7.92. The van der Waals surface area contributed by atoms with Crippen molar-refractivity contribution in [3.8, 4) is 0 Å². The summed E-state index contributed by atoms with van der Waals surface area (Å²) in [6, 6.07) is 15.1. The molecule has 2 aromatic rings. The number of carbonyl (C=O) groups excluding carboxylic acids is 2. The minimum Gasteiger partial charge on any atom is -0.352 e. The summed E-state index contributed by atoms with van der Waals surface area (Å²) in [5.41, 5.74) is 3.01. The topological polar surface area (TPSA) is 49.4 Å². The number of halogens is 1. The first-order valence-corrected chi connectivity index (χ1v) is 11.2. The van der Waals surface area contributed by atoms with E-state index >= 15 is 0 Å². The molecule has 0 bridgehead atoms. The molecule has 30 heavy (non-hydrogen) atoms. The molecule has 2 amide bonds. The van der Waals surface area contributed by atoms with E-state index in [4.69, 9.17) is 11.6 Å². The Balaban J connectivity index is 1.75. The van der Waals surface area contributed by atoms with Gasteiger partial charge in [-0.1, -0.05) is 72.8 Å². The number of benzene rings is 2. The van der Waals surface area contributed by atoms with E-state index in [0.29, 0.717) is 11.6 Å². The van der Waals surface area contributed by atoms with Crippen molar-refractivity contribution in [3.05, 3.63) is 70.2 Å². The zero-order valence-electron chi connectivity index (χ0n) is 17.9. The van der Waals surface area contributed by atoms with E-state index in [1.807, 2.05) is 62.4 Å². The standard InChI is InChI=1S/C25H31ClN2O2/c1-18-11-13-20(14-12-18)16-24(29)28(17-21-7-6-8-22(26)15-21)19(2)25(30)27-23-9-4-3-5-10-23/h6-8,11-15,19,23H,3-5,9-10,16-17H2,1-2H3,(H,27,30)/t19-/m1/s1. The van der Waals surface area contributed by atoms with Gasteiger partial charge in [-0.25, -0.2) is 0 Å². The fourth-order valence-corrected chi connectivity index (χ4v) is 4.18. The molecule has 1 fully saturated rings. The van der Waals surface area contributed by atoms with Gasteiger partial charge in [-0.3, -0.25) is 9.59 Å². The van der Waals surface area contributed by atoms with Crippen molar-refractivity contribution in [2.24, 2.45) is 0 Å². The summed E-state index contributed by atoms with van der Waals surface area (Å²) in [5, 5.41) is 3.79. The molecule has 0 aromatic heterocycles. The lowest BCUT2D eigenvalue weighted by atomic mass is 9.95. The maximum Gasteiger partial charge on any atom is 0.242 e. The first-order chi connectivity index (χ1) is 14.4. The van der Waals surface area contributed by atoms with Crippen LogP contribution >= 0.6 is 11.6 Å². The number of hydrogen-bond donors (Lipinski definition) is 1. The van der Waals surface area contributed by atoms with Gasteiger partial charge in [-0.2, -0.15) is 0 Å². The van der Waals surface area contributed by atoms with E-state index in [-0.39, 0.29) is 24.3 Å². The normalized spacial score (nSPS) is 15.4. The summed E-state index contributed by atoms with van der Waals surface area (Å²) in [6.07, 6.45) is 5.84. The van der Waals surface area contributed by atoms with Gasteiger partial charge in [0.2, 0.25) is 11.8 Å². The van der Waals surface area contributed by atoms with Crippen molar-refractivity contribution in [2.75, 3.05) is 0 Å². The third-order valence-corrected chi connectivity index (χ3v) is 6.07. The summed E-state index contributed by atoms with van der Waals surface area (Å²) in [6.45, 7) is 4.19. The van der Waals surface area contributed by atoms with Gasteiger partial charge in [0.05, 0.1) is 6.42 Å². The highest BCUT2D eigenvalue weighted by Gasteiger charge is 2.28. The molecule has 1 saturated carbocycles. The fraction of sp³-hybridized carbons (Fsp3) is 0.440. The summed E-state index contributed by atoms with van der Waals surface area (Å²) >= 11 is 6.14. The maximum atomic E-state index is 13.2. The molecule has 5 heteroatoms. The molecule has 1 aliphatic carbocycles. The lowest BCUT2D eigenvalue weighted by Crippen LogP contribution is -2.50. The highest BCUT2D eigenvalue weighted by atomic mass is 35.5. The van der Waals surface area contributed by atoms with Crippen LogP contribution in [-0.2, 0) is 22.6 Å². The Morgan fingerprint density at radius 2 is 1.77 bits per heavy atom. The molecule has 2 aromatic carbocycles. The molecule has 1 aliphatic rings. The van der Waals surface area contributed by atoms with E-state index in [1.54, 1.807) is 4.90 Å². The number of nitrogens with zero attached hydrogens (tertiary/aromatic N) is 1. The van der Waals surface area contributed by atoms with Crippen molar-refractivity contribution in [1.82, 2.24) is 10.2 Å². The van der Waals surface area contributed by atoms with Crippen LogP contribution in [0.1, 0.15) is 55.7 Å². The Morgan fingerprint density at radius 1 is 1.07 bits per heavy atom. The van der Waals surface area contributed by atoms with Crippen molar-refractivity contribution >= 4 is 23.4 Å². The van der Waals surface area contributed by atoms with E-state index in [0.717, 1.165) is 42.4 Å². The number of carbonyl (C=O) groups is 2. The highest BCUT2D eigenvalue weighted by molar-refractivity contribution is 6.30. The zero-order chi connectivity index (χ0) is 21.5. The summed E-state index contributed by atoms with van der Waals surface area (Å²) in [7, 11) is 0. The molecule has 160 valence electrons. The molecule has 0 saturated heterocycles. The molecule has 4 nitrogen and oxygen atoms in total. The van der Waals surface area contributed by atoms with Gasteiger partial charge in [0.1, 0.15) is 6.04 Å². The average Bonchev–Trinajstić information content (AvgIpc) is 2.74. The summed E-state index contributed by atoms with van der Waals surface area (Å²) in [4.78, 5) is 27.9. The molecule has 0 aliphatic heterocycles. The molecule has 1 atom stereocenters. The van der Waals surface area contributed by atoms with Gasteiger partial charge in [0.15, 0.2) is 0 Å². The Morgan fingerprint density at radius 3 is 2.43 bits per heavy atom. The third-order valence-electron chi connectivity index (χ3n) is 5.84. The zero-order valence-corrected chi connectivity index (χ0v) is 18.6. The third kappa shape index (κ3) is 6.33. The first-order valence-electron chi connectivity index (χ1n) is 10.8. The molecule has 0 unspecified atom stereocenters. The van der Waals surface area contributed by atoms with Gasteiger partial charge in [0.25, 0.3) is 0 Å². The van der Waals surface area contributed by atoms with E-state index in [9.17, 15) is 9.59 Å².